The van der Waals surface area contributed by atoms with Crippen LogP contribution in [0, 0.1) is 0 Å². The summed E-state index contributed by atoms with van der Waals surface area (Å²) < 4.78 is 48.7. The number of para-hydroxylation sites is 1. The van der Waals surface area contributed by atoms with Crippen LogP contribution in [0.25, 0.3) is 17.0 Å². The molecule has 0 aliphatic carbocycles. The van der Waals surface area contributed by atoms with Crippen LogP contribution in [-0.2, 0) is 11.3 Å². The van der Waals surface area contributed by atoms with Crippen LogP contribution in [0.1, 0.15) is 11.5 Å². The van der Waals surface area contributed by atoms with E-state index in [9.17, 15) is 18.0 Å². The topological polar surface area (TPSA) is 46.6 Å². The highest BCUT2D eigenvalue weighted by atomic mass is 19.4. The van der Waals surface area contributed by atoms with Crippen LogP contribution in [0.2, 0.25) is 0 Å². The van der Waals surface area contributed by atoms with Crippen LogP contribution >= 0.6 is 0 Å². The van der Waals surface area contributed by atoms with Crippen LogP contribution in [-0.4, -0.2) is 23.5 Å². The minimum Gasteiger partial charge on any atom is -0.467 e. The summed E-state index contributed by atoms with van der Waals surface area (Å²) in [5.41, 5.74) is 0.636. The second kappa shape index (κ2) is 6.88. The largest absolute Gasteiger partial charge is 0.467 e. The van der Waals surface area contributed by atoms with Gasteiger partial charge in [0.2, 0.25) is 5.91 Å². The van der Waals surface area contributed by atoms with Crippen molar-refractivity contribution in [3.8, 4) is 0 Å². The van der Waals surface area contributed by atoms with Gasteiger partial charge in [0, 0.05) is 11.5 Å². The minimum atomic E-state index is -4.50. The zero-order valence-electron chi connectivity index (χ0n) is 13.0. The number of halogens is 3. The van der Waals surface area contributed by atoms with Crippen LogP contribution in [0.5, 0.6) is 0 Å². The second-order valence-corrected chi connectivity index (χ2v) is 5.41. The maximum Gasteiger partial charge on any atom is 0.406 e. The Morgan fingerprint density at radius 2 is 1.96 bits per heavy atom. The van der Waals surface area contributed by atoms with Gasteiger partial charge in [0.15, 0.2) is 0 Å². The predicted octanol–water partition coefficient (Wildman–Crippen LogP) is 4.63. The summed E-state index contributed by atoms with van der Waals surface area (Å²) in [6, 6.07) is 12.0. The molecule has 0 N–H and O–H groups in total. The monoisotopic (exact) mass is 349 g/mol. The molecule has 0 fully saturated rings. The van der Waals surface area contributed by atoms with Crippen molar-refractivity contribution < 1.29 is 26.8 Å². The third-order valence-corrected chi connectivity index (χ3v) is 3.44. The number of carbonyl (C=O) groups is 1. The van der Waals surface area contributed by atoms with Gasteiger partial charge in [0.25, 0.3) is 0 Å². The Kier molecular flexibility index (Phi) is 4.65. The number of carbonyl (C=O) groups excluding carboxylic acids is 1. The van der Waals surface area contributed by atoms with Crippen molar-refractivity contribution in [2.24, 2.45) is 0 Å². The summed E-state index contributed by atoms with van der Waals surface area (Å²) >= 11 is 0. The van der Waals surface area contributed by atoms with Gasteiger partial charge in [0.1, 0.15) is 23.6 Å². The predicted molar refractivity (Wildman–Crippen MR) is 85.4 cm³/mol. The van der Waals surface area contributed by atoms with Gasteiger partial charge in [-0.3, -0.25) is 4.79 Å². The second-order valence-electron chi connectivity index (χ2n) is 5.41. The van der Waals surface area contributed by atoms with E-state index in [-0.39, 0.29) is 12.3 Å². The normalized spacial score (nSPS) is 12.1. The van der Waals surface area contributed by atoms with Crippen molar-refractivity contribution in [1.29, 1.82) is 0 Å². The van der Waals surface area contributed by atoms with Crippen molar-refractivity contribution in [3.05, 3.63) is 66.3 Å². The SMILES string of the molecule is O=C(/C=C/c1cc2ccccc2o1)N(Cc1ccco1)CC(F)(F)F. The maximum atomic E-state index is 12.7. The molecule has 0 unspecified atom stereocenters. The summed E-state index contributed by atoms with van der Waals surface area (Å²) in [6.45, 7) is -1.63. The molecule has 1 amide bonds. The molecule has 3 aromatic rings. The third kappa shape index (κ3) is 4.53. The number of amides is 1. The first kappa shape index (κ1) is 16.9. The van der Waals surface area contributed by atoms with E-state index in [2.05, 4.69) is 0 Å². The molecule has 7 heteroatoms. The number of rotatable bonds is 5. The summed E-state index contributed by atoms with van der Waals surface area (Å²) in [5.74, 6) is -0.122. The molecule has 25 heavy (non-hydrogen) atoms. The molecule has 2 heterocycles. The molecule has 0 radical (unpaired) electrons. The first-order valence-corrected chi connectivity index (χ1v) is 7.45. The van der Waals surface area contributed by atoms with Crippen molar-refractivity contribution >= 4 is 23.0 Å². The molecule has 0 spiro atoms. The number of benzene rings is 1. The quantitative estimate of drug-likeness (QED) is 0.631. The fourth-order valence-corrected chi connectivity index (χ4v) is 2.36. The average Bonchev–Trinajstić information content (AvgIpc) is 3.19. The van der Waals surface area contributed by atoms with Crippen molar-refractivity contribution in [1.82, 2.24) is 4.90 Å². The van der Waals surface area contributed by atoms with Gasteiger partial charge in [-0.2, -0.15) is 13.2 Å². The molecule has 4 nitrogen and oxygen atoms in total. The van der Waals surface area contributed by atoms with Crippen molar-refractivity contribution in [3.63, 3.8) is 0 Å². The van der Waals surface area contributed by atoms with Crippen molar-refractivity contribution in [2.75, 3.05) is 6.54 Å². The van der Waals surface area contributed by atoms with E-state index in [0.717, 1.165) is 11.5 Å². The number of fused-ring (bicyclic) bond motifs is 1. The summed E-state index contributed by atoms with van der Waals surface area (Å²) in [5, 5.41) is 0.845. The minimum absolute atomic E-state index is 0.268. The van der Waals surface area contributed by atoms with Gasteiger partial charge >= 0.3 is 6.18 Å². The molecule has 0 saturated carbocycles. The number of nitrogens with zero attached hydrogens (tertiary/aromatic N) is 1. The average molecular weight is 349 g/mol. The zero-order valence-corrected chi connectivity index (χ0v) is 13.0. The molecular formula is C18H14F3NO3. The number of hydrogen-bond acceptors (Lipinski definition) is 3. The lowest BCUT2D eigenvalue weighted by Gasteiger charge is -2.21. The summed E-state index contributed by atoms with van der Waals surface area (Å²) in [7, 11) is 0. The highest BCUT2D eigenvalue weighted by molar-refractivity contribution is 5.92. The lowest BCUT2D eigenvalue weighted by molar-refractivity contribution is -0.159. The van der Waals surface area contributed by atoms with E-state index in [0.29, 0.717) is 16.2 Å². The lowest BCUT2D eigenvalue weighted by atomic mass is 10.2. The molecule has 0 aliphatic heterocycles. The van der Waals surface area contributed by atoms with Crippen LogP contribution in [0.15, 0.2) is 63.6 Å². The number of furan rings is 2. The van der Waals surface area contributed by atoms with E-state index in [1.165, 1.54) is 18.4 Å². The van der Waals surface area contributed by atoms with Gasteiger partial charge in [0.05, 0.1) is 12.8 Å². The highest BCUT2D eigenvalue weighted by Gasteiger charge is 2.32. The Hall–Kier alpha value is -2.96. The standard InChI is InChI=1S/C18H14F3NO3/c19-18(20,21)12-22(11-15-5-3-9-24-15)17(23)8-7-14-10-13-4-1-2-6-16(13)25-14/h1-10H,11-12H2/b8-7+. The van der Waals surface area contributed by atoms with Crippen molar-refractivity contribution in [2.45, 2.75) is 12.7 Å². The van der Waals surface area contributed by atoms with E-state index < -0.39 is 18.6 Å². The maximum absolute atomic E-state index is 12.7. The molecule has 0 aliphatic rings. The third-order valence-electron chi connectivity index (χ3n) is 3.44. The van der Waals surface area contributed by atoms with Gasteiger partial charge < -0.3 is 13.7 Å². The molecule has 0 atom stereocenters. The first-order chi connectivity index (χ1) is 11.9. The Balaban J connectivity index is 1.76. The molecular weight excluding hydrogens is 335 g/mol. The van der Waals surface area contributed by atoms with Crippen LogP contribution in [0.3, 0.4) is 0 Å². The fourth-order valence-electron chi connectivity index (χ4n) is 2.36. The van der Waals surface area contributed by atoms with E-state index in [1.54, 1.807) is 24.3 Å². The van der Waals surface area contributed by atoms with Crippen LogP contribution < -0.4 is 0 Å². The molecule has 0 bridgehead atoms. The van der Waals surface area contributed by atoms with Gasteiger partial charge in [-0.1, -0.05) is 18.2 Å². The number of alkyl halides is 3. The molecule has 2 aromatic heterocycles. The van der Waals surface area contributed by atoms with E-state index in [1.807, 2.05) is 12.1 Å². The Labute approximate surface area is 141 Å². The summed E-state index contributed by atoms with van der Waals surface area (Å²) in [6.07, 6.45) is -0.745. The molecule has 1 aromatic carbocycles. The fraction of sp³-hybridized carbons (Fsp3) is 0.167. The Bertz CT molecular complexity index is 845. The van der Waals surface area contributed by atoms with Gasteiger partial charge in [-0.05, 0) is 30.3 Å². The van der Waals surface area contributed by atoms with Gasteiger partial charge in [-0.15, -0.1) is 0 Å². The number of hydrogen-bond donors (Lipinski definition) is 0. The van der Waals surface area contributed by atoms with Crippen LogP contribution in [0.4, 0.5) is 13.2 Å². The first-order valence-electron chi connectivity index (χ1n) is 7.45. The summed E-state index contributed by atoms with van der Waals surface area (Å²) in [4.78, 5) is 12.9. The van der Waals surface area contributed by atoms with E-state index >= 15 is 0 Å². The molecule has 0 saturated heterocycles. The highest BCUT2D eigenvalue weighted by Crippen LogP contribution is 2.21. The smallest absolute Gasteiger partial charge is 0.406 e. The van der Waals surface area contributed by atoms with Gasteiger partial charge in [-0.25, -0.2) is 0 Å². The molecule has 130 valence electrons. The van der Waals surface area contributed by atoms with E-state index in [4.69, 9.17) is 8.83 Å². The zero-order chi connectivity index (χ0) is 17.9. The Morgan fingerprint density at radius 3 is 2.64 bits per heavy atom. The molecule has 3 rings (SSSR count). The lowest BCUT2D eigenvalue weighted by Crippen LogP contribution is -2.37. The Morgan fingerprint density at radius 1 is 1.16 bits per heavy atom.